The van der Waals surface area contributed by atoms with Gasteiger partial charge in [-0.2, -0.15) is 0 Å². The number of aryl methyl sites for hydroxylation is 1. The van der Waals surface area contributed by atoms with E-state index in [0.717, 1.165) is 18.7 Å². The standard InChI is InChI=1S/C15H15Cl2N3/c1-3-6-12-19-14(15(18)20(12)9-4-2)13-10(16)7-5-8-11(13)17/h2,5,7-8H,3,6,9,18H2,1H3. The van der Waals surface area contributed by atoms with E-state index in [1.54, 1.807) is 18.2 Å². The summed E-state index contributed by atoms with van der Waals surface area (Å²) < 4.78 is 1.83. The molecule has 1 aromatic carbocycles. The topological polar surface area (TPSA) is 43.8 Å². The van der Waals surface area contributed by atoms with Gasteiger partial charge in [-0.15, -0.1) is 6.42 Å². The summed E-state index contributed by atoms with van der Waals surface area (Å²) in [6.45, 7) is 2.46. The second-order valence-electron chi connectivity index (χ2n) is 4.40. The molecule has 0 unspecified atom stereocenters. The second-order valence-corrected chi connectivity index (χ2v) is 5.21. The molecule has 0 aliphatic rings. The highest BCUT2D eigenvalue weighted by Crippen LogP contribution is 2.37. The minimum atomic E-state index is 0.385. The van der Waals surface area contributed by atoms with Crippen molar-refractivity contribution in [3.63, 3.8) is 0 Å². The lowest BCUT2D eigenvalue weighted by molar-refractivity contribution is 0.733. The summed E-state index contributed by atoms with van der Waals surface area (Å²) in [6, 6.07) is 5.32. The van der Waals surface area contributed by atoms with Gasteiger partial charge in [0.25, 0.3) is 0 Å². The first-order chi connectivity index (χ1) is 9.60. The quantitative estimate of drug-likeness (QED) is 0.867. The molecule has 2 rings (SSSR count). The van der Waals surface area contributed by atoms with E-state index in [1.807, 2.05) is 4.57 Å². The highest BCUT2D eigenvalue weighted by Gasteiger charge is 2.19. The summed E-state index contributed by atoms with van der Waals surface area (Å²) in [5.74, 6) is 3.95. The fourth-order valence-electron chi connectivity index (χ4n) is 2.10. The van der Waals surface area contributed by atoms with Crippen molar-refractivity contribution in [3.8, 4) is 23.6 Å². The third-order valence-corrected chi connectivity index (χ3v) is 3.64. The van der Waals surface area contributed by atoms with E-state index in [-0.39, 0.29) is 0 Å². The molecule has 0 saturated carbocycles. The highest BCUT2D eigenvalue weighted by molar-refractivity contribution is 6.39. The second kappa shape index (κ2) is 6.21. The van der Waals surface area contributed by atoms with Crippen LogP contribution in [0.15, 0.2) is 18.2 Å². The van der Waals surface area contributed by atoms with Crippen LogP contribution in [0.4, 0.5) is 5.82 Å². The summed E-state index contributed by atoms with van der Waals surface area (Å²) in [5.41, 5.74) is 7.43. The number of hydrogen-bond donors (Lipinski definition) is 1. The number of rotatable bonds is 4. The Morgan fingerprint density at radius 3 is 2.55 bits per heavy atom. The fourth-order valence-corrected chi connectivity index (χ4v) is 2.68. The first-order valence-electron chi connectivity index (χ1n) is 6.32. The maximum absolute atomic E-state index is 6.22. The van der Waals surface area contributed by atoms with Crippen LogP contribution in [0.2, 0.25) is 10.0 Å². The predicted molar refractivity (Wildman–Crippen MR) is 84.9 cm³/mol. The zero-order valence-electron chi connectivity index (χ0n) is 11.2. The molecule has 0 amide bonds. The van der Waals surface area contributed by atoms with Crippen molar-refractivity contribution in [2.75, 3.05) is 5.73 Å². The van der Waals surface area contributed by atoms with Gasteiger partial charge in [-0.05, 0) is 18.6 Å². The zero-order chi connectivity index (χ0) is 14.7. The van der Waals surface area contributed by atoms with Crippen molar-refractivity contribution in [2.45, 2.75) is 26.3 Å². The van der Waals surface area contributed by atoms with E-state index >= 15 is 0 Å². The summed E-state index contributed by atoms with van der Waals surface area (Å²) in [7, 11) is 0. The molecule has 0 spiro atoms. The molecule has 0 saturated heterocycles. The van der Waals surface area contributed by atoms with Gasteiger partial charge in [0.2, 0.25) is 0 Å². The number of nitrogens with zero attached hydrogens (tertiary/aromatic N) is 2. The lowest BCUT2D eigenvalue weighted by atomic mass is 10.1. The van der Waals surface area contributed by atoms with Gasteiger partial charge in [-0.3, -0.25) is 0 Å². The van der Waals surface area contributed by atoms with E-state index in [9.17, 15) is 0 Å². The number of hydrogen-bond acceptors (Lipinski definition) is 2. The molecule has 0 bridgehead atoms. The van der Waals surface area contributed by atoms with E-state index in [0.29, 0.717) is 33.7 Å². The number of terminal acetylenes is 1. The van der Waals surface area contributed by atoms with E-state index in [2.05, 4.69) is 17.8 Å². The monoisotopic (exact) mass is 307 g/mol. The number of benzene rings is 1. The molecule has 0 aliphatic carbocycles. The third-order valence-electron chi connectivity index (χ3n) is 3.01. The van der Waals surface area contributed by atoms with Gasteiger partial charge in [0.1, 0.15) is 17.3 Å². The van der Waals surface area contributed by atoms with Crippen molar-refractivity contribution in [1.29, 1.82) is 0 Å². The number of halogens is 2. The minimum Gasteiger partial charge on any atom is -0.383 e. The number of nitrogen functional groups attached to an aromatic ring is 1. The maximum atomic E-state index is 6.22. The van der Waals surface area contributed by atoms with Crippen LogP contribution in [0.3, 0.4) is 0 Å². The molecule has 0 radical (unpaired) electrons. The van der Waals surface area contributed by atoms with Gasteiger partial charge in [0, 0.05) is 12.0 Å². The van der Waals surface area contributed by atoms with Crippen LogP contribution in [-0.4, -0.2) is 9.55 Å². The molecule has 0 atom stereocenters. The van der Waals surface area contributed by atoms with Crippen LogP contribution in [-0.2, 0) is 13.0 Å². The molecule has 2 aromatic rings. The van der Waals surface area contributed by atoms with Gasteiger partial charge in [-0.25, -0.2) is 4.98 Å². The molecular weight excluding hydrogens is 293 g/mol. The summed E-state index contributed by atoms with van der Waals surface area (Å²) in [5, 5.41) is 1.05. The maximum Gasteiger partial charge on any atom is 0.132 e. The summed E-state index contributed by atoms with van der Waals surface area (Å²) >= 11 is 12.4. The Hall–Kier alpha value is -1.63. The average Bonchev–Trinajstić information content (AvgIpc) is 2.69. The van der Waals surface area contributed by atoms with Crippen LogP contribution in [0.1, 0.15) is 19.2 Å². The normalized spacial score (nSPS) is 10.5. The first-order valence-corrected chi connectivity index (χ1v) is 7.08. The first kappa shape index (κ1) is 14.8. The number of aromatic nitrogens is 2. The van der Waals surface area contributed by atoms with E-state index < -0.39 is 0 Å². The largest absolute Gasteiger partial charge is 0.383 e. The van der Waals surface area contributed by atoms with Crippen molar-refractivity contribution in [2.24, 2.45) is 0 Å². The molecule has 104 valence electrons. The molecular formula is C15H15Cl2N3. The Morgan fingerprint density at radius 1 is 1.35 bits per heavy atom. The van der Waals surface area contributed by atoms with Crippen molar-refractivity contribution < 1.29 is 0 Å². The van der Waals surface area contributed by atoms with Gasteiger partial charge in [0.15, 0.2) is 0 Å². The third kappa shape index (κ3) is 2.63. The minimum absolute atomic E-state index is 0.385. The van der Waals surface area contributed by atoms with Gasteiger partial charge >= 0.3 is 0 Å². The number of nitrogens with two attached hydrogens (primary N) is 1. The molecule has 1 heterocycles. The molecule has 1 aromatic heterocycles. The molecule has 20 heavy (non-hydrogen) atoms. The molecule has 5 heteroatoms. The number of imidazole rings is 1. The lowest BCUT2D eigenvalue weighted by Crippen LogP contribution is -2.06. The Bertz CT molecular complexity index is 648. The highest BCUT2D eigenvalue weighted by atomic mass is 35.5. The van der Waals surface area contributed by atoms with Crippen molar-refractivity contribution in [1.82, 2.24) is 9.55 Å². The molecule has 0 aliphatic heterocycles. The molecule has 0 fully saturated rings. The average molecular weight is 308 g/mol. The van der Waals surface area contributed by atoms with E-state index in [1.165, 1.54) is 0 Å². The Labute approximate surface area is 128 Å². The Morgan fingerprint density at radius 2 is 2.00 bits per heavy atom. The van der Waals surface area contributed by atoms with E-state index in [4.69, 9.17) is 35.4 Å². The van der Waals surface area contributed by atoms with Crippen LogP contribution in [0.25, 0.3) is 11.3 Å². The molecule has 3 nitrogen and oxygen atoms in total. The SMILES string of the molecule is C#CCn1c(CCC)nc(-c2c(Cl)cccc2Cl)c1N. The summed E-state index contributed by atoms with van der Waals surface area (Å²) in [4.78, 5) is 4.58. The smallest absolute Gasteiger partial charge is 0.132 e. The van der Waals surface area contributed by atoms with Gasteiger partial charge in [0.05, 0.1) is 16.6 Å². The van der Waals surface area contributed by atoms with Crippen LogP contribution < -0.4 is 5.73 Å². The van der Waals surface area contributed by atoms with Crippen molar-refractivity contribution >= 4 is 29.0 Å². The fraction of sp³-hybridized carbons (Fsp3) is 0.267. The lowest BCUT2D eigenvalue weighted by Gasteiger charge is -2.06. The van der Waals surface area contributed by atoms with Gasteiger partial charge < -0.3 is 10.3 Å². The Balaban J connectivity index is 2.64. The van der Waals surface area contributed by atoms with Crippen LogP contribution in [0, 0.1) is 12.3 Å². The Kier molecular flexibility index (Phi) is 4.59. The van der Waals surface area contributed by atoms with Crippen LogP contribution in [0.5, 0.6) is 0 Å². The number of anilines is 1. The van der Waals surface area contributed by atoms with Crippen molar-refractivity contribution in [3.05, 3.63) is 34.1 Å². The van der Waals surface area contributed by atoms with Gasteiger partial charge in [-0.1, -0.05) is 42.1 Å². The zero-order valence-corrected chi connectivity index (χ0v) is 12.7. The van der Waals surface area contributed by atoms with Crippen LogP contribution >= 0.6 is 23.2 Å². The molecule has 2 N–H and O–H groups in total. The summed E-state index contributed by atoms with van der Waals surface area (Å²) in [6.07, 6.45) is 7.15. The predicted octanol–water partition coefficient (Wildman–Crippen LogP) is 4.02.